The summed E-state index contributed by atoms with van der Waals surface area (Å²) in [6.07, 6.45) is 0. The summed E-state index contributed by atoms with van der Waals surface area (Å²) in [5, 5.41) is 29.9. The summed E-state index contributed by atoms with van der Waals surface area (Å²) in [4.78, 5) is 9.86. The Balaban J connectivity index is 1.68. The van der Waals surface area contributed by atoms with Gasteiger partial charge in [-0.15, -0.1) is 5.11 Å². The van der Waals surface area contributed by atoms with E-state index in [-0.39, 0.29) is 19.0 Å². The number of hydrogen-bond donors (Lipinski definition) is 3. The molecule has 3 N–H and O–H groups in total. The molecule has 0 saturated carbocycles. The van der Waals surface area contributed by atoms with E-state index in [1.165, 1.54) is 0 Å². The molecule has 0 aromatic heterocycles. The van der Waals surface area contributed by atoms with Crippen LogP contribution >= 0.6 is 0 Å². The number of fused-ring (bicyclic) bond motifs is 1. The highest BCUT2D eigenvalue weighted by molar-refractivity contribution is 5.96. The largest absolute Gasteiger partial charge is 0.505 e. The highest BCUT2D eigenvalue weighted by Crippen LogP contribution is 2.40. The normalized spacial score (nSPS) is 11.3. The van der Waals surface area contributed by atoms with Gasteiger partial charge in [-0.25, -0.2) is 4.89 Å². The summed E-state index contributed by atoms with van der Waals surface area (Å²) in [6.45, 7) is 2.16. The lowest BCUT2D eigenvalue weighted by Crippen LogP contribution is -2.01. The summed E-state index contributed by atoms with van der Waals surface area (Å²) in [6, 6.07) is 24.4. The van der Waals surface area contributed by atoms with Crippen LogP contribution in [0, 0.1) is 6.92 Å². The van der Waals surface area contributed by atoms with Gasteiger partial charge in [0, 0.05) is 10.9 Å². The van der Waals surface area contributed by atoms with Crippen LogP contribution in [0.3, 0.4) is 0 Å². The van der Waals surface area contributed by atoms with Gasteiger partial charge in [0.15, 0.2) is 0 Å². The summed E-state index contributed by atoms with van der Waals surface area (Å²) >= 11 is 0. The van der Waals surface area contributed by atoms with Crippen LogP contribution in [-0.2, 0) is 22.9 Å². The van der Waals surface area contributed by atoms with Gasteiger partial charge in [-0.05, 0) is 54.3 Å². The van der Waals surface area contributed by atoms with E-state index in [0.29, 0.717) is 16.9 Å². The van der Waals surface area contributed by atoms with Crippen molar-refractivity contribution in [2.24, 2.45) is 10.2 Å². The molecule has 0 bridgehead atoms. The Kier molecular flexibility index (Phi) is 6.72. The smallest absolute Gasteiger partial charge is 0.149 e. The number of azo groups is 1. The van der Waals surface area contributed by atoms with Crippen molar-refractivity contribution in [1.29, 1.82) is 0 Å². The fraction of sp³-hybridized carbons (Fsp3) is 0.120. The number of benzene rings is 4. The fourth-order valence-electron chi connectivity index (χ4n) is 3.28. The third-order valence-corrected chi connectivity index (χ3v) is 4.95. The zero-order chi connectivity index (χ0) is 22.3. The van der Waals surface area contributed by atoms with E-state index < -0.39 is 0 Å². The molecule has 0 aliphatic heterocycles. The van der Waals surface area contributed by atoms with Crippen molar-refractivity contribution in [3.63, 3.8) is 0 Å². The Morgan fingerprint density at radius 1 is 0.875 bits per heavy atom. The first-order valence-corrected chi connectivity index (χ1v) is 10.1. The molecule has 0 spiro atoms. The van der Waals surface area contributed by atoms with Crippen LogP contribution in [0.2, 0.25) is 0 Å². The van der Waals surface area contributed by atoms with E-state index in [9.17, 15) is 5.11 Å². The van der Waals surface area contributed by atoms with E-state index in [1.807, 2.05) is 79.7 Å². The molecule has 0 radical (unpaired) electrons. The Morgan fingerprint density at radius 3 is 2.41 bits per heavy atom. The van der Waals surface area contributed by atoms with Crippen molar-refractivity contribution in [3.8, 4) is 5.75 Å². The molecular formula is C25H23N3O4. The maximum Gasteiger partial charge on any atom is 0.149 e. The maximum atomic E-state index is 11.0. The van der Waals surface area contributed by atoms with Gasteiger partial charge in [0.2, 0.25) is 0 Å². The first kappa shape index (κ1) is 21.5. The second-order valence-electron chi connectivity index (χ2n) is 7.35. The zero-order valence-corrected chi connectivity index (χ0v) is 17.5. The molecule has 4 rings (SSSR count). The Labute approximate surface area is 185 Å². The number of nitrogens with one attached hydrogen (secondary N) is 1. The number of para-hydroxylation sites is 1. The molecule has 162 valence electrons. The Hall–Kier alpha value is -3.78. The molecule has 0 unspecified atom stereocenters. The van der Waals surface area contributed by atoms with Gasteiger partial charge in [0.05, 0.1) is 11.4 Å². The van der Waals surface area contributed by atoms with Gasteiger partial charge in [-0.1, -0.05) is 48.0 Å². The van der Waals surface area contributed by atoms with Crippen LogP contribution < -0.4 is 5.48 Å². The van der Waals surface area contributed by atoms with Crippen molar-refractivity contribution >= 4 is 27.8 Å². The third kappa shape index (κ3) is 5.09. The van der Waals surface area contributed by atoms with Crippen molar-refractivity contribution in [2.45, 2.75) is 20.1 Å². The number of rotatable bonds is 8. The number of phenolic OH excluding ortho intramolecular Hbond substituents is 1. The van der Waals surface area contributed by atoms with E-state index in [1.54, 1.807) is 6.07 Å². The minimum atomic E-state index is -0.00520. The molecule has 0 heterocycles. The predicted molar refractivity (Wildman–Crippen MR) is 123 cm³/mol. The molecule has 4 aromatic carbocycles. The van der Waals surface area contributed by atoms with E-state index >= 15 is 0 Å². The first-order chi connectivity index (χ1) is 15.6. The number of anilines is 1. The van der Waals surface area contributed by atoms with E-state index in [4.69, 9.17) is 10.1 Å². The number of nitrogens with zero attached hydrogens (tertiary/aromatic N) is 2. The molecular weight excluding hydrogens is 406 g/mol. The third-order valence-electron chi connectivity index (χ3n) is 4.95. The minimum Gasteiger partial charge on any atom is -0.505 e. The van der Waals surface area contributed by atoms with E-state index in [0.717, 1.165) is 27.6 Å². The van der Waals surface area contributed by atoms with Crippen LogP contribution in [0.4, 0.5) is 17.1 Å². The first-order valence-electron chi connectivity index (χ1n) is 10.1. The van der Waals surface area contributed by atoms with Crippen LogP contribution in [0.15, 0.2) is 89.1 Å². The standard InChI is InChI=1S/C25H23N3O4/c1-17-7-10-21(11-8-17)26-27-24-23-12-9-18(15-32-30)13-19(23)14-20(25(24)29)16-31-28-22-5-3-2-4-6-22/h2-14,28-30H,15-16H2,1H3. The van der Waals surface area contributed by atoms with Crippen molar-refractivity contribution < 1.29 is 20.1 Å². The van der Waals surface area contributed by atoms with Gasteiger partial charge >= 0.3 is 0 Å². The maximum absolute atomic E-state index is 11.0. The SMILES string of the molecule is Cc1ccc(N=Nc2c(O)c(CONc3ccccc3)cc3cc(COO)ccc23)cc1. The second kappa shape index (κ2) is 10.0. The van der Waals surface area contributed by atoms with E-state index in [2.05, 4.69) is 20.6 Å². The predicted octanol–water partition coefficient (Wildman–Crippen LogP) is 6.80. The highest BCUT2D eigenvalue weighted by atomic mass is 17.1. The summed E-state index contributed by atoms with van der Waals surface area (Å²) in [5.41, 5.74) is 7.14. The highest BCUT2D eigenvalue weighted by Gasteiger charge is 2.14. The molecule has 0 atom stereocenters. The monoisotopic (exact) mass is 429 g/mol. The molecule has 7 nitrogen and oxygen atoms in total. The van der Waals surface area contributed by atoms with Gasteiger partial charge in [0.25, 0.3) is 0 Å². The number of hydrogen-bond acceptors (Lipinski definition) is 7. The van der Waals surface area contributed by atoms with Crippen LogP contribution in [0.1, 0.15) is 16.7 Å². The average molecular weight is 429 g/mol. The molecule has 0 fully saturated rings. The minimum absolute atomic E-state index is 0.00520. The zero-order valence-electron chi connectivity index (χ0n) is 17.5. The summed E-state index contributed by atoms with van der Waals surface area (Å²) < 4.78 is 0. The number of aryl methyl sites for hydroxylation is 1. The number of aromatic hydroxyl groups is 1. The Morgan fingerprint density at radius 2 is 1.66 bits per heavy atom. The quantitative estimate of drug-likeness (QED) is 0.163. The lowest BCUT2D eigenvalue weighted by Gasteiger charge is -2.12. The average Bonchev–Trinajstić information content (AvgIpc) is 2.81. The van der Waals surface area contributed by atoms with Crippen LogP contribution in [-0.4, -0.2) is 10.4 Å². The van der Waals surface area contributed by atoms with Crippen LogP contribution in [0.5, 0.6) is 5.75 Å². The molecule has 0 amide bonds. The summed E-state index contributed by atoms with van der Waals surface area (Å²) in [7, 11) is 0. The second-order valence-corrected chi connectivity index (χ2v) is 7.35. The fourth-order valence-corrected chi connectivity index (χ4v) is 3.28. The molecule has 0 saturated heterocycles. The lowest BCUT2D eigenvalue weighted by molar-refractivity contribution is -0.252. The molecule has 7 heteroatoms. The number of phenols is 1. The topological polar surface area (TPSA) is 95.7 Å². The van der Waals surface area contributed by atoms with Gasteiger partial charge in [0.1, 0.15) is 24.7 Å². The molecule has 32 heavy (non-hydrogen) atoms. The molecule has 0 aliphatic carbocycles. The van der Waals surface area contributed by atoms with Gasteiger partial charge in [-0.2, -0.15) is 5.11 Å². The van der Waals surface area contributed by atoms with Crippen LogP contribution in [0.25, 0.3) is 10.8 Å². The lowest BCUT2D eigenvalue weighted by atomic mass is 10.0. The van der Waals surface area contributed by atoms with Crippen molar-refractivity contribution in [3.05, 3.63) is 95.6 Å². The summed E-state index contributed by atoms with van der Waals surface area (Å²) in [5.74, 6) is -0.00520. The van der Waals surface area contributed by atoms with Gasteiger partial charge in [-0.3, -0.25) is 15.6 Å². The Bertz CT molecular complexity index is 1230. The van der Waals surface area contributed by atoms with Crippen molar-refractivity contribution in [1.82, 2.24) is 0 Å². The van der Waals surface area contributed by atoms with Crippen molar-refractivity contribution in [2.75, 3.05) is 5.48 Å². The molecule has 4 aromatic rings. The molecule has 0 aliphatic rings. The van der Waals surface area contributed by atoms with Gasteiger partial charge < -0.3 is 5.11 Å².